The first-order chi connectivity index (χ1) is 13.4. The smallest absolute Gasteiger partial charge is 0.0618 e. The predicted molar refractivity (Wildman–Crippen MR) is 116 cm³/mol. The average Bonchev–Trinajstić information content (AvgIpc) is 2.75. The molecule has 27 heavy (non-hydrogen) atoms. The highest BCUT2D eigenvalue weighted by molar-refractivity contribution is 6.14. The zero-order valence-electron chi connectivity index (χ0n) is 14.9. The minimum atomic E-state index is 1.16. The number of hydrogen-bond donors (Lipinski definition) is 0. The van der Waals surface area contributed by atoms with Crippen molar-refractivity contribution in [3.63, 3.8) is 0 Å². The number of para-hydroxylation sites is 2. The van der Waals surface area contributed by atoms with Crippen molar-refractivity contribution >= 4 is 38.6 Å². The standard InChI is InChI=1S/C26H19N/c1-3-13-22(14-4-1)27(23-15-5-2-6-16-23)26-24-17-9-7-11-20(24)19-21-12-8-10-18-25(21)26/h1-19H. The van der Waals surface area contributed by atoms with Gasteiger partial charge in [-0.1, -0.05) is 84.9 Å². The summed E-state index contributed by atoms with van der Waals surface area (Å²) in [5.41, 5.74) is 3.54. The maximum Gasteiger partial charge on any atom is 0.0618 e. The molecule has 0 spiro atoms. The molecule has 0 atom stereocenters. The predicted octanol–water partition coefficient (Wildman–Crippen LogP) is 7.46. The van der Waals surface area contributed by atoms with E-state index in [1.54, 1.807) is 0 Å². The molecule has 5 aromatic carbocycles. The molecule has 0 aliphatic heterocycles. The van der Waals surface area contributed by atoms with E-state index in [0.29, 0.717) is 0 Å². The Hall–Kier alpha value is -3.58. The van der Waals surface area contributed by atoms with E-state index in [4.69, 9.17) is 0 Å². The van der Waals surface area contributed by atoms with Gasteiger partial charge < -0.3 is 4.90 Å². The molecule has 0 unspecified atom stereocenters. The molecule has 0 heterocycles. The van der Waals surface area contributed by atoms with Gasteiger partial charge in [-0.2, -0.15) is 0 Å². The molecule has 0 N–H and O–H groups in total. The summed E-state index contributed by atoms with van der Waals surface area (Å²) in [5.74, 6) is 0. The van der Waals surface area contributed by atoms with E-state index in [1.165, 1.54) is 27.2 Å². The van der Waals surface area contributed by atoms with Crippen LogP contribution in [0.4, 0.5) is 17.1 Å². The molecule has 0 amide bonds. The SMILES string of the molecule is c1ccc(N(c2ccccc2)c2c3ccccc3cc3ccccc23)cc1. The van der Waals surface area contributed by atoms with Crippen molar-refractivity contribution in [2.45, 2.75) is 0 Å². The second-order valence-electron chi connectivity index (χ2n) is 6.67. The van der Waals surface area contributed by atoms with Crippen LogP contribution in [0.25, 0.3) is 21.5 Å². The minimum Gasteiger partial charge on any atom is -0.309 e. The van der Waals surface area contributed by atoms with Gasteiger partial charge in [0.2, 0.25) is 0 Å². The molecule has 0 bridgehead atoms. The highest BCUT2D eigenvalue weighted by Crippen LogP contribution is 2.43. The lowest BCUT2D eigenvalue weighted by molar-refractivity contribution is 1.31. The molecule has 5 aromatic rings. The van der Waals surface area contributed by atoms with Crippen LogP contribution < -0.4 is 4.90 Å². The number of fused-ring (bicyclic) bond motifs is 2. The molecule has 0 fully saturated rings. The maximum absolute atomic E-state index is 2.37. The van der Waals surface area contributed by atoms with Crippen LogP contribution >= 0.6 is 0 Å². The first kappa shape index (κ1) is 15.7. The number of hydrogen-bond acceptors (Lipinski definition) is 1. The molecule has 0 saturated carbocycles. The topological polar surface area (TPSA) is 3.24 Å². The van der Waals surface area contributed by atoms with Gasteiger partial charge in [0.1, 0.15) is 0 Å². The lowest BCUT2D eigenvalue weighted by Crippen LogP contribution is -2.10. The van der Waals surface area contributed by atoms with Gasteiger partial charge in [-0.15, -0.1) is 0 Å². The third-order valence-electron chi connectivity index (χ3n) is 5.00. The fourth-order valence-electron chi connectivity index (χ4n) is 3.79. The monoisotopic (exact) mass is 345 g/mol. The van der Waals surface area contributed by atoms with Gasteiger partial charge >= 0.3 is 0 Å². The molecule has 0 radical (unpaired) electrons. The molecular weight excluding hydrogens is 326 g/mol. The zero-order valence-corrected chi connectivity index (χ0v) is 14.9. The number of anilines is 3. The quantitative estimate of drug-likeness (QED) is 0.307. The first-order valence-corrected chi connectivity index (χ1v) is 9.22. The Balaban J connectivity index is 1.92. The molecule has 0 aliphatic rings. The van der Waals surface area contributed by atoms with Crippen LogP contribution in [-0.4, -0.2) is 0 Å². The van der Waals surface area contributed by atoms with E-state index in [9.17, 15) is 0 Å². The van der Waals surface area contributed by atoms with Gasteiger partial charge in [-0.25, -0.2) is 0 Å². The third-order valence-corrected chi connectivity index (χ3v) is 5.00. The Kier molecular flexibility index (Phi) is 3.84. The van der Waals surface area contributed by atoms with Crippen molar-refractivity contribution in [3.05, 3.63) is 115 Å². The van der Waals surface area contributed by atoms with Gasteiger partial charge in [0.05, 0.1) is 5.69 Å². The van der Waals surface area contributed by atoms with Crippen LogP contribution in [0.2, 0.25) is 0 Å². The van der Waals surface area contributed by atoms with Crippen LogP contribution in [0.15, 0.2) is 115 Å². The average molecular weight is 345 g/mol. The van der Waals surface area contributed by atoms with Crippen LogP contribution in [0.5, 0.6) is 0 Å². The van der Waals surface area contributed by atoms with E-state index in [1.807, 2.05) is 0 Å². The summed E-state index contributed by atoms with van der Waals surface area (Å²) in [4.78, 5) is 2.37. The lowest BCUT2D eigenvalue weighted by Gasteiger charge is -2.28. The zero-order chi connectivity index (χ0) is 18.1. The van der Waals surface area contributed by atoms with Gasteiger partial charge in [0.15, 0.2) is 0 Å². The van der Waals surface area contributed by atoms with Crippen LogP contribution in [0, 0.1) is 0 Å². The molecule has 0 aromatic heterocycles. The maximum atomic E-state index is 2.37. The van der Waals surface area contributed by atoms with E-state index >= 15 is 0 Å². The van der Waals surface area contributed by atoms with Crippen LogP contribution in [-0.2, 0) is 0 Å². The third kappa shape index (κ3) is 2.74. The summed E-state index contributed by atoms with van der Waals surface area (Å²) in [5, 5.41) is 5.01. The highest BCUT2D eigenvalue weighted by Gasteiger charge is 2.17. The Morgan fingerprint density at radius 2 is 0.815 bits per heavy atom. The number of benzene rings is 5. The summed E-state index contributed by atoms with van der Waals surface area (Å²) in [6.45, 7) is 0. The second-order valence-corrected chi connectivity index (χ2v) is 6.67. The lowest BCUT2D eigenvalue weighted by atomic mass is 9.99. The van der Waals surface area contributed by atoms with Gasteiger partial charge in [-0.3, -0.25) is 0 Å². The summed E-state index contributed by atoms with van der Waals surface area (Å²) < 4.78 is 0. The fraction of sp³-hybridized carbons (Fsp3) is 0. The largest absolute Gasteiger partial charge is 0.309 e. The Morgan fingerprint density at radius 1 is 0.407 bits per heavy atom. The van der Waals surface area contributed by atoms with Gasteiger partial charge in [0.25, 0.3) is 0 Å². The van der Waals surface area contributed by atoms with Crippen LogP contribution in [0.1, 0.15) is 0 Å². The molecule has 5 rings (SSSR count). The van der Waals surface area contributed by atoms with Crippen molar-refractivity contribution in [1.82, 2.24) is 0 Å². The number of nitrogens with zero attached hydrogens (tertiary/aromatic N) is 1. The van der Waals surface area contributed by atoms with Crippen LogP contribution in [0.3, 0.4) is 0 Å². The van der Waals surface area contributed by atoms with E-state index < -0.39 is 0 Å². The first-order valence-electron chi connectivity index (χ1n) is 9.22. The summed E-state index contributed by atoms with van der Waals surface area (Å²) in [7, 11) is 0. The molecule has 0 saturated heterocycles. The van der Waals surface area contributed by atoms with Gasteiger partial charge in [-0.05, 0) is 41.1 Å². The van der Waals surface area contributed by atoms with Crippen molar-refractivity contribution in [3.8, 4) is 0 Å². The minimum absolute atomic E-state index is 1.16. The fourth-order valence-corrected chi connectivity index (χ4v) is 3.79. The summed E-state index contributed by atoms with van der Waals surface area (Å²) in [6, 6.07) is 40.7. The van der Waals surface area contributed by atoms with Crippen molar-refractivity contribution < 1.29 is 0 Å². The summed E-state index contributed by atoms with van der Waals surface area (Å²) >= 11 is 0. The van der Waals surface area contributed by atoms with Crippen molar-refractivity contribution in [2.24, 2.45) is 0 Å². The normalized spacial score (nSPS) is 11.0. The number of rotatable bonds is 3. The molecule has 1 heteroatoms. The van der Waals surface area contributed by atoms with Gasteiger partial charge in [0, 0.05) is 22.1 Å². The summed E-state index contributed by atoms with van der Waals surface area (Å²) in [6.07, 6.45) is 0. The molecular formula is C26H19N. The Bertz CT molecular complexity index is 1120. The highest BCUT2D eigenvalue weighted by atomic mass is 15.1. The Morgan fingerprint density at radius 3 is 1.30 bits per heavy atom. The Labute approximate surface area is 159 Å². The van der Waals surface area contributed by atoms with Crippen molar-refractivity contribution in [2.75, 3.05) is 4.90 Å². The van der Waals surface area contributed by atoms with Crippen molar-refractivity contribution in [1.29, 1.82) is 0 Å². The molecule has 1 nitrogen and oxygen atoms in total. The van der Waals surface area contributed by atoms with E-state index in [2.05, 4.69) is 120 Å². The molecule has 0 aliphatic carbocycles. The second kappa shape index (κ2) is 6.62. The molecule has 128 valence electrons. The van der Waals surface area contributed by atoms with E-state index in [0.717, 1.165) is 11.4 Å². The van der Waals surface area contributed by atoms with E-state index in [-0.39, 0.29) is 0 Å².